The molecule has 2 nitrogen and oxygen atoms in total. The summed E-state index contributed by atoms with van der Waals surface area (Å²) in [7, 11) is 0. The van der Waals surface area contributed by atoms with Crippen LogP contribution in [0.15, 0.2) is 0 Å². The zero-order valence-electron chi connectivity index (χ0n) is 4.06. The van der Waals surface area contributed by atoms with E-state index in [1.54, 1.807) is 0 Å². The largest absolute Gasteiger partial charge is 0.370 e. The standard InChI is InChI=1S/C3H7NO/c1-2-3(4)5/h2H2,1H3,(H2,4,5)/i2D. The molecule has 0 fully saturated rings. The van der Waals surface area contributed by atoms with Gasteiger partial charge in [0.2, 0.25) is 5.91 Å². The van der Waals surface area contributed by atoms with Crippen LogP contribution in [0.2, 0.25) is 0 Å². The Hall–Kier alpha value is -0.530. The molecule has 0 bridgehead atoms. The van der Waals surface area contributed by atoms with Gasteiger partial charge in [-0.25, -0.2) is 0 Å². The molecule has 1 atom stereocenters. The van der Waals surface area contributed by atoms with E-state index in [0.717, 1.165) is 0 Å². The zero-order valence-corrected chi connectivity index (χ0v) is 3.06. The number of primary amides is 1. The molecular weight excluding hydrogens is 66.0 g/mol. The molecule has 5 heavy (non-hydrogen) atoms. The summed E-state index contributed by atoms with van der Waals surface area (Å²) in [5.74, 6) is -0.574. The number of carbonyl (C=O) groups is 1. The van der Waals surface area contributed by atoms with Gasteiger partial charge in [0.25, 0.3) is 0 Å². The molecule has 30 valence electrons. The first-order valence-corrected chi connectivity index (χ1v) is 1.36. The fraction of sp³-hybridized carbons (Fsp3) is 0.667. The third kappa shape index (κ3) is 3.47. The molecule has 0 heterocycles. The molecule has 0 saturated carbocycles. The maximum atomic E-state index is 9.73. The van der Waals surface area contributed by atoms with Gasteiger partial charge in [-0.1, -0.05) is 6.92 Å². The summed E-state index contributed by atoms with van der Waals surface area (Å²) < 4.78 is 6.56. The van der Waals surface area contributed by atoms with Crippen LogP contribution in [0.3, 0.4) is 0 Å². The van der Waals surface area contributed by atoms with Crippen LogP contribution in [0.25, 0.3) is 0 Å². The Morgan fingerprint density at radius 2 is 2.60 bits per heavy atom. The molecule has 2 heteroatoms. The lowest BCUT2D eigenvalue weighted by molar-refractivity contribution is -0.117. The van der Waals surface area contributed by atoms with E-state index >= 15 is 0 Å². The van der Waals surface area contributed by atoms with E-state index in [9.17, 15) is 4.79 Å². The highest BCUT2D eigenvalue weighted by Gasteiger charge is 1.77. The van der Waals surface area contributed by atoms with Crippen molar-refractivity contribution < 1.29 is 6.17 Å². The average molecular weight is 74.1 g/mol. The predicted octanol–water partition coefficient (Wildman–Crippen LogP) is -0.118. The number of carbonyl (C=O) groups excluding carboxylic acids is 1. The summed E-state index contributed by atoms with van der Waals surface area (Å²) in [4.78, 5) is 9.73. The van der Waals surface area contributed by atoms with Gasteiger partial charge in [0.15, 0.2) is 0 Å². The highest BCUT2D eigenvalue weighted by atomic mass is 16.1. The quantitative estimate of drug-likeness (QED) is 0.463. The van der Waals surface area contributed by atoms with E-state index in [1.165, 1.54) is 6.92 Å². The second kappa shape index (κ2) is 1.76. The molecule has 2 N–H and O–H groups in total. The minimum Gasteiger partial charge on any atom is -0.370 e. The van der Waals surface area contributed by atoms with E-state index in [-0.39, 0.29) is 0 Å². The first-order valence-electron chi connectivity index (χ1n) is 1.94. The molecule has 0 rings (SSSR count). The Morgan fingerprint density at radius 3 is 2.60 bits per heavy atom. The van der Waals surface area contributed by atoms with Crippen molar-refractivity contribution in [2.45, 2.75) is 13.3 Å². The van der Waals surface area contributed by atoms with Crippen molar-refractivity contribution >= 4 is 5.91 Å². The molecule has 0 aromatic rings. The van der Waals surface area contributed by atoms with Crippen LogP contribution in [-0.4, -0.2) is 5.91 Å². The summed E-state index contributed by atoms with van der Waals surface area (Å²) >= 11 is 0. The first kappa shape index (κ1) is 2.69. The van der Waals surface area contributed by atoms with Crippen molar-refractivity contribution in [2.24, 2.45) is 5.73 Å². The Kier molecular flexibility index (Phi) is 0.947. The van der Waals surface area contributed by atoms with E-state index in [0.29, 0.717) is 0 Å². The number of amides is 1. The van der Waals surface area contributed by atoms with Gasteiger partial charge < -0.3 is 5.73 Å². The van der Waals surface area contributed by atoms with Gasteiger partial charge >= 0.3 is 0 Å². The van der Waals surface area contributed by atoms with Crippen molar-refractivity contribution in [3.63, 3.8) is 0 Å². The van der Waals surface area contributed by atoms with Crippen LogP contribution in [0.1, 0.15) is 14.7 Å². The Morgan fingerprint density at radius 1 is 2.40 bits per heavy atom. The summed E-state index contributed by atoms with van der Waals surface area (Å²) in [6, 6.07) is 0. The molecule has 0 spiro atoms. The van der Waals surface area contributed by atoms with E-state index in [4.69, 9.17) is 1.37 Å². The lowest BCUT2D eigenvalue weighted by Gasteiger charge is -1.73. The number of rotatable bonds is 1. The third-order valence-corrected chi connectivity index (χ3v) is 0.285. The Balaban J connectivity index is 3.26. The summed E-state index contributed by atoms with van der Waals surface area (Å²) in [6.45, 7) is 1.43. The fourth-order valence-electron chi connectivity index (χ4n) is 0. The molecule has 0 aromatic carbocycles. The normalized spacial score (nSPS) is 16.6. The topological polar surface area (TPSA) is 43.1 Å². The van der Waals surface area contributed by atoms with Crippen LogP contribution < -0.4 is 5.73 Å². The molecule has 1 unspecified atom stereocenters. The second-order valence-corrected chi connectivity index (χ2v) is 0.691. The molecule has 0 radical (unpaired) electrons. The number of hydrogen-bond donors (Lipinski definition) is 1. The van der Waals surface area contributed by atoms with E-state index in [2.05, 4.69) is 5.73 Å². The molecule has 0 saturated heterocycles. The Labute approximate surface area is 32.4 Å². The van der Waals surface area contributed by atoms with Crippen LogP contribution >= 0.6 is 0 Å². The molecule has 0 aliphatic heterocycles. The number of hydrogen-bond acceptors (Lipinski definition) is 1. The lowest BCUT2D eigenvalue weighted by Crippen LogP contribution is -2.06. The van der Waals surface area contributed by atoms with Crippen molar-refractivity contribution in [1.29, 1.82) is 0 Å². The predicted molar refractivity (Wildman–Crippen MR) is 19.5 cm³/mol. The average Bonchev–Trinajstić information content (AvgIpc) is 1.36. The van der Waals surface area contributed by atoms with E-state index < -0.39 is 12.3 Å². The lowest BCUT2D eigenvalue weighted by atomic mass is 10.5. The zero-order chi connectivity index (χ0) is 5.15. The maximum absolute atomic E-state index is 9.73. The van der Waals surface area contributed by atoms with Gasteiger partial charge in [-0.05, 0) is 0 Å². The molecule has 0 aromatic heterocycles. The minimum absolute atomic E-state index is 0.574. The number of nitrogens with two attached hydrogens (primary N) is 1. The van der Waals surface area contributed by atoms with Gasteiger partial charge in [0, 0.05) is 7.77 Å². The third-order valence-electron chi connectivity index (χ3n) is 0.285. The van der Waals surface area contributed by atoms with Crippen LogP contribution in [0.4, 0.5) is 0 Å². The summed E-state index contributed by atoms with van der Waals surface area (Å²) in [5, 5.41) is 0. The molecule has 0 aliphatic carbocycles. The van der Waals surface area contributed by atoms with Crippen LogP contribution in [0, 0.1) is 0 Å². The van der Waals surface area contributed by atoms with Crippen LogP contribution in [0.5, 0.6) is 0 Å². The highest BCUT2D eigenvalue weighted by molar-refractivity contribution is 5.73. The van der Waals surface area contributed by atoms with Gasteiger partial charge in [-0.15, -0.1) is 0 Å². The van der Waals surface area contributed by atoms with Gasteiger partial charge in [0.05, 0.1) is 0 Å². The van der Waals surface area contributed by atoms with Crippen LogP contribution in [-0.2, 0) is 4.79 Å². The summed E-state index contributed by atoms with van der Waals surface area (Å²) in [6.07, 6.45) is -0.759. The van der Waals surface area contributed by atoms with Gasteiger partial charge in [-0.3, -0.25) is 4.79 Å². The maximum Gasteiger partial charge on any atom is 0.217 e. The van der Waals surface area contributed by atoms with Gasteiger partial charge in [0.1, 0.15) is 0 Å². The minimum atomic E-state index is -0.759. The SMILES string of the molecule is [2H]C(C)C(N)=O. The molecular formula is C3H7NO. The monoisotopic (exact) mass is 74.1 g/mol. The van der Waals surface area contributed by atoms with Gasteiger partial charge in [-0.2, -0.15) is 0 Å². The van der Waals surface area contributed by atoms with Crippen molar-refractivity contribution in [2.75, 3.05) is 0 Å². The molecule has 0 aliphatic rings. The van der Waals surface area contributed by atoms with Crippen molar-refractivity contribution in [3.05, 3.63) is 0 Å². The fourth-order valence-corrected chi connectivity index (χ4v) is 0. The Bertz CT molecular complexity index is 61.8. The van der Waals surface area contributed by atoms with Crippen molar-refractivity contribution in [1.82, 2.24) is 0 Å². The molecule has 1 amide bonds. The summed E-state index contributed by atoms with van der Waals surface area (Å²) in [5.41, 5.74) is 4.61. The first-order chi connectivity index (χ1) is 2.64. The van der Waals surface area contributed by atoms with Crippen molar-refractivity contribution in [3.8, 4) is 0 Å². The second-order valence-electron chi connectivity index (χ2n) is 0.691. The smallest absolute Gasteiger partial charge is 0.217 e. The highest BCUT2D eigenvalue weighted by Crippen LogP contribution is 1.63. The van der Waals surface area contributed by atoms with E-state index in [1.807, 2.05) is 0 Å².